The summed E-state index contributed by atoms with van der Waals surface area (Å²) in [5, 5.41) is 0.606. The van der Waals surface area contributed by atoms with Crippen LogP contribution in [0.25, 0.3) is 22.6 Å². The lowest BCUT2D eigenvalue weighted by atomic mass is 10.1. The number of fused-ring (bicyclic) bond motifs is 1. The molecule has 0 unspecified atom stereocenters. The van der Waals surface area contributed by atoms with E-state index in [2.05, 4.69) is 4.98 Å². The van der Waals surface area contributed by atoms with Gasteiger partial charge in [0, 0.05) is 29.2 Å². The Kier molecular flexibility index (Phi) is 4.57. The van der Waals surface area contributed by atoms with Crippen molar-refractivity contribution in [2.45, 2.75) is 6.92 Å². The highest BCUT2D eigenvalue weighted by Crippen LogP contribution is 2.32. The normalized spacial score (nSPS) is 11.0. The largest absolute Gasteiger partial charge is 0.497 e. The first-order chi connectivity index (χ1) is 13.5. The number of nitrogens with zero attached hydrogens (tertiary/aromatic N) is 3. The molecule has 0 amide bonds. The van der Waals surface area contributed by atoms with Crippen molar-refractivity contribution >= 4 is 17.2 Å². The van der Waals surface area contributed by atoms with E-state index in [1.807, 2.05) is 37.3 Å². The minimum Gasteiger partial charge on any atom is -0.497 e. The molecule has 2 heterocycles. The third kappa shape index (κ3) is 2.92. The van der Waals surface area contributed by atoms with Crippen molar-refractivity contribution in [1.82, 2.24) is 14.0 Å². The Morgan fingerprint density at radius 2 is 1.89 bits per heavy atom. The van der Waals surface area contributed by atoms with Gasteiger partial charge in [-0.2, -0.15) is 0 Å². The second kappa shape index (κ2) is 7.05. The Hall–Kier alpha value is -3.25. The SMILES string of the molecule is COc1ccc(OC)c(-c2cn3ccn(-c4cccc(Cl)c4C)c(=O)c3n2)c1. The Bertz CT molecular complexity index is 1240. The molecular formula is C21H18ClN3O3. The number of hydrogen-bond acceptors (Lipinski definition) is 4. The highest BCUT2D eigenvalue weighted by atomic mass is 35.5. The number of ether oxygens (including phenoxy) is 2. The zero-order chi connectivity index (χ0) is 19.8. The molecule has 0 N–H and O–H groups in total. The number of imidazole rings is 1. The van der Waals surface area contributed by atoms with Gasteiger partial charge in [0.05, 0.1) is 25.6 Å². The van der Waals surface area contributed by atoms with Gasteiger partial charge in [-0.05, 0) is 42.8 Å². The molecule has 0 fully saturated rings. The molecule has 4 aromatic rings. The molecule has 0 aliphatic rings. The lowest BCUT2D eigenvalue weighted by molar-refractivity contribution is 0.404. The molecule has 0 atom stereocenters. The van der Waals surface area contributed by atoms with Crippen LogP contribution < -0.4 is 15.0 Å². The molecule has 0 aliphatic carbocycles. The molecule has 0 aliphatic heterocycles. The molecule has 0 saturated heterocycles. The topological polar surface area (TPSA) is 57.8 Å². The van der Waals surface area contributed by atoms with E-state index < -0.39 is 0 Å². The van der Waals surface area contributed by atoms with Crippen LogP contribution >= 0.6 is 11.6 Å². The highest BCUT2D eigenvalue weighted by Gasteiger charge is 2.15. The van der Waals surface area contributed by atoms with E-state index in [-0.39, 0.29) is 5.56 Å². The first-order valence-electron chi connectivity index (χ1n) is 8.61. The lowest BCUT2D eigenvalue weighted by Gasteiger charge is -2.10. The summed E-state index contributed by atoms with van der Waals surface area (Å²) in [6, 6.07) is 10.9. The van der Waals surface area contributed by atoms with Gasteiger partial charge >= 0.3 is 0 Å². The van der Waals surface area contributed by atoms with E-state index in [9.17, 15) is 4.79 Å². The van der Waals surface area contributed by atoms with Gasteiger partial charge in [0.25, 0.3) is 5.56 Å². The summed E-state index contributed by atoms with van der Waals surface area (Å²) in [6.07, 6.45) is 5.30. The van der Waals surface area contributed by atoms with E-state index in [0.29, 0.717) is 27.9 Å². The van der Waals surface area contributed by atoms with Gasteiger partial charge in [-0.25, -0.2) is 4.98 Å². The van der Waals surface area contributed by atoms with E-state index in [1.54, 1.807) is 47.8 Å². The Morgan fingerprint density at radius 3 is 2.64 bits per heavy atom. The molecule has 142 valence electrons. The number of benzene rings is 2. The van der Waals surface area contributed by atoms with Gasteiger partial charge in [-0.1, -0.05) is 17.7 Å². The van der Waals surface area contributed by atoms with Crippen LogP contribution in [0.5, 0.6) is 11.5 Å². The maximum Gasteiger partial charge on any atom is 0.298 e. The van der Waals surface area contributed by atoms with Crippen molar-refractivity contribution < 1.29 is 9.47 Å². The number of aromatic nitrogens is 3. The number of rotatable bonds is 4. The minimum atomic E-state index is -0.235. The minimum absolute atomic E-state index is 0.235. The van der Waals surface area contributed by atoms with E-state index in [4.69, 9.17) is 21.1 Å². The van der Waals surface area contributed by atoms with Crippen molar-refractivity contribution in [3.63, 3.8) is 0 Å². The number of halogens is 1. The van der Waals surface area contributed by atoms with Gasteiger partial charge < -0.3 is 13.9 Å². The smallest absolute Gasteiger partial charge is 0.298 e. The van der Waals surface area contributed by atoms with Crippen molar-refractivity contribution in [1.29, 1.82) is 0 Å². The summed E-state index contributed by atoms with van der Waals surface area (Å²) < 4.78 is 14.0. The predicted octanol–water partition coefficient (Wildman–Crippen LogP) is 4.13. The second-order valence-electron chi connectivity index (χ2n) is 6.28. The summed E-state index contributed by atoms with van der Waals surface area (Å²) in [5.74, 6) is 1.33. The van der Waals surface area contributed by atoms with Crippen LogP contribution in [0.15, 0.2) is 59.8 Å². The molecule has 2 aromatic heterocycles. The molecule has 4 rings (SSSR count). The van der Waals surface area contributed by atoms with Crippen molar-refractivity contribution in [3.8, 4) is 28.4 Å². The third-order valence-electron chi connectivity index (χ3n) is 4.70. The standard InChI is InChI=1S/C21H18ClN3O3/c1-13-16(22)5-4-6-18(13)25-10-9-24-12-17(23-20(24)21(25)26)15-11-14(27-2)7-8-19(15)28-3/h4-12H,1-3H3. The first-order valence-corrected chi connectivity index (χ1v) is 8.99. The Balaban J connectivity index is 1.91. The van der Waals surface area contributed by atoms with Crippen LogP contribution in [0.2, 0.25) is 5.02 Å². The van der Waals surface area contributed by atoms with Gasteiger partial charge in [-0.15, -0.1) is 0 Å². The average Bonchev–Trinajstić information content (AvgIpc) is 3.15. The quantitative estimate of drug-likeness (QED) is 0.521. The van der Waals surface area contributed by atoms with Crippen LogP contribution in [0, 0.1) is 6.92 Å². The predicted molar refractivity (Wildman–Crippen MR) is 109 cm³/mol. The van der Waals surface area contributed by atoms with Crippen LogP contribution in [-0.4, -0.2) is 28.2 Å². The Labute approximate surface area is 166 Å². The fourth-order valence-corrected chi connectivity index (χ4v) is 3.34. The van der Waals surface area contributed by atoms with Crippen molar-refractivity contribution in [2.75, 3.05) is 14.2 Å². The van der Waals surface area contributed by atoms with Gasteiger partial charge in [0.15, 0.2) is 0 Å². The van der Waals surface area contributed by atoms with Gasteiger partial charge in [-0.3, -0.25) is 9.36 Å². The molecule has 6 nitrogen and oxygen atoms in total. The molecule has 0 radical (unpaired) electrons. The maximum atomic E-state index is 13.1. The van der Waals surface area contributed by atoms with Crippen LogP contribution in [0.3, 0.4) is 0 Å². The zero-order valence-corrected chi connectivity index (χ0v) is 16.4. The monoisotopic (exact) mass is 395 g/mol. The van der Waals surface area contributed by atoms with E-state index in [0.717, 1.165) is 16.8 Å². The maximum absolute atomic E-state index is 13.1. The van der Waals surface area contributed by atoms with Crippen molar-refractivity contribution in [3.05, 3.63) is 75.9 Å². The average molecular weight is 396 g/mol. The van der Waals surface area contributed by atoms with Crippen LogP contribution in [-0.2, 0) is 0 Å². The summed E-state index contributed by atoms with van der Waals surface area (Å²) >= 11 is 6.22. The third-order valence-corrected chi connectivity index (χ3v) is 5.11. The summed E-state index contributed by atoms with van der Waals surface area (Å²) in [7, 11) is 3.19. The molecule has 28 heavy (non-hydrogen) atoms. The Morgan fingerprint density at radius 1 is 1.07 bits per heavy atom. The summed E-state index contributed by atoms with van der Waals surface area (Å²) in [5.41, 5.74) is 2.99. The lowest BCUT2D eigenvalue weighted by Crippen LogP contribution is -2.20. The highest BCUT2D eigenvalue weighted by molar-refractivity contribution is 6.31. The van der Waals surface area contributed by atoms with Crippen molar-refractivity contribution in [2.24, 2.45) is 0 Å². The molecule has 0 saturated carbocycles. The fraction of sp³-hybridized carbons (Fsp3) is 0.143. The van der Waals surface area contributed by atoms with E-state index in [1.165, 1.54) is 0 Å². The fourth-order valence-electron chi connectivity index (χ4n) is 3.17. The van der Waals surface area contributed by atoms with E-state index >= 15 is 0 Å². The molecule has 0 bridgehead atoms. The second-order valence-corrected chi connectivity index (χ2v) is 6.69. The van der Waals surface area contributed by atoms with Crippen LogP contribution in [0.4, 0.5) is 0 Å². The molecule has 0 spiro atoms. The summed E-state index contributed by atoms with van der Waals surface area (Å²) in [6.45, 7) is 1.88. The first kappa shape index (κ1) is 18.1. The molecule has 2 aromatic carbocycles. The van der Waals surface area contributed by atoms with Gasteiger partial charge in [0.1, 0.15) is 11.5 Å². The zero-order valence-electron chi connectivity index (χ0n) is 15.6. The van der Waals surface area contributed by atoms with Crippen LogP contribution in [0.1, 0.15) is 5.56 Å². The van der Waals surface area contributed by atoms with Gasteiger partial charge in [0.2, 0.25) is 5.65 Å². The molecule has 7 heteroatoms. The number of methoxy groups -OCH3 is 2. The molecular weight excluding hydrogens is 378 g/mol. The summed E-state index contributed by atoms with van der Waals surface area (Å²) in [4.78, 5) is 17.7. The number of hydrogen-bond donors (Lipinski definition) is 0.